The van der Waals surface area contributed by atoms with E-state index in [9.17, 15) is 4.79 Å². The van der Waals surface area contributed by atoms with Gasteiger partial charge in [-0.3, -0.25) is 14.8 Å². The molecule has 2 aromatic heterocycles. The number of hydrogen-bond acceptors (Lipinski definition) is 5. The van der Waals surface area contributed by atoms with Crippen molar-refractivity contribution in [1.29, 1.82) is 0 Å². The van der Waals surface area contributed by atoms with E-state index in [2.05, 4.69) is 10.4 Å². The molecule has 0 aliphatic carbocycles. The molecule has 2 aromatic rings. The number of hydrogen-bond donors (Lipinski definition) is 2. The van der Waals surface area contributed by atoms with Gasteiger partial charge in [0.15, 0.2) is 0 Å². The molecule has 3 N–H and O–H groups in total. The molecule has 0 amide bonds. The molecular weight excluding hydrogens is 188 g/mol. The van der Waals surface area contributed by atoms with Crippen molar-refractivity contribution in [3.63, 3.8) is 0 Å². The molecule has 0 saturated heterocycles. The smallest absolute Gasteiger partial charge is 0.263 e. The fraction of sp³-hybridized carbons (Fsp3) is 0.143. The van der Waals surface area contributed by atoms with Crippen molar-refractivity contribution >= 4 is 27.5 Å². The Hall–Kier alpha value is -1.40. The first kappa shape index (κ1) is 8.21. The first-order valence-electron chi connectivity index (χ1n) is 3.65. The number of nitrogen functional groups attached to an aromatic ring is 1. The number of thiophene rings is 1. The number of nitrogens with one attached hydrogen (secondary N) is 1. The summed E-state index contributed by atoms with van der Waals surface area (Å²) in [5.41, 5.74) is 2.29. The third-order valence-electron chi connectivity index (χ3n) is 1.83. The summed E-state index contributed by atoms with van der Waals surface area (Å²) in [5, 5.41) is 2.46. The van der Waals surface area contributed by atoms with Crippen molar-refractivity contribution in [2.45, 2.75) is 0 Å². The van der Waals surface area contributed by atoms with Crippen LogP contribution in [-0.4, -0.2) is 9.55 Å². The zero-order valence-electron chi connectivity index (χ0n) is 6.94. The predicted octanol–water partition coefficient (Wildman–Crippen LogP) is 0.281. The first-order chi connectivity index (χ1) is 6.24. The average Bonchev–Trinajstić information content (AvgIpc) is 2.59. The van der Waals surface area contributed by atoms with E-state index in [1.54, 1.807) is 13.1 Å². The number of fused-ring (bicyclic) bond motifs is 1. The van der Waals surface area contributed by atoms with Gasteiger partial charge in [0.25, 0.3) is 5.56 Å². The molecule has 0 aliphatic heterocycles. The van der Waals surface area contributed by atoms with Gasteiger partial charge in [-0.15, -0.1) is 11.3 Å². The lowest BCUT2D eigenvalue weighted by molar-refractivity contribution is 0.847. The maximum atomic E-state index is 11.6. The molecule has 13 heavy (non-hydrogen) atoms. The second kappa shape index (κ2) is 2.82. The molecule has 2 heterocycles. The number of anilines is 1. The number of nitrogens with zero attached hydrogens (tertiary/aromatic N) is 2. The van der Waals surface area contributed by atoms with E-state index in [0.29, 0.717) is 16.2 Å². The minimum absolute atomic E-state index is 0.0841. The lowest BCUT2D eigenvalue weighted by Gasteiger charge is -2.04. The third-order valence-corrected chi connectivity index (χ3v) is 2.64. The average molecular weight is 196 g/mol. The summed E-state index contributed by atoms with van der Waals surface area (Å²) in [6.45, 7) is 0. The van der Waals surface area contributed by atoms with Gasteiger partial charge in [-0.05, 0) is 11.4 Å². The fourth-order valence-corrected chi connectivity index (χ4v) is 1.88. The summed E-state index contributed by atoms with van der Waals surface area (Å²) in [6.07, 6.45) is 0. The Kier molecular flexibility index (Phi) is 1.78. The topological polar surface area (TPSA) is 72.9 Å². The van der Waals surface area contributed by atoms with Crippen LogP contribution in [-0.2, 0) is 7.05 Å². The minimum atomic E-state index is -0.0841. The van der Waals surface area contributed by atoms with E-state index in [1.165, 1.54) is 15.9 Å². The zero-order chi connectivity index (χ0) is 9.42. The number of nitrogens with two attached hydrogens (primary N) is 1. The molecule has 0 aliphatic rings. The van der Waals surface area contributed by atoms with Gasteiger partial charge in [-0.2, -0.15) is 0 Å². The van der Waals surface area contributed by atoms with E-state index in [-0.39, 0.29) is 5.56 Å². The monoisotopic (exact) mass is 196 g/mol. The van der Waals surface area contributed by atoms with Gasteiger partial charge in [0.05, 0.1) is 5.39 Å². The van der Waals surface area contributed by atoms with Crippen molar-refractivity contribution < 1.29 is 0 Å². The first-order valence-corrected chi connectivity index (χ1v) is 4.53. The van der Waals surface area contributed by atoms with Crippen LogP contribution in [0.5, 0.6) is 0 Å². The van der Waals surface area contributed by atoms with Gasteiger partial charge >= 0.3 is 0 Å². The molecule has 6 heteroatoms. The van der Waals surface area contributed by atoms with Crippen LogP contribution in [0.4, 0.5) is 5.95 Å². The van der Waals surface area contributed by atoms with Gasteiger partial charge in [0.1, 0.15) is 4.83 Å². The van der Waals surface area contributed by atoms with Crippen molar-refractivity contribution in [2.75, 3.05) is 5.43 Å². The van der Waals surface area contributed by atoms with E-state index in [4.69, 9.17) is 5.84 Å². The highest BCUT2D eigenvalue weighted by Gasteiger charge is 2.06. The SMILES string of the molecule is Cn1c(NN)nc2sccc2c1=O. The van der Waals surface area contributed by atoms with Gasteiger partial charge in [-0.1, -0.05) is 0 Å². The Morgan fingerprint density at radius 3 is 3.15 bits per heavy atom. The summed E-state index contributed by atoms with van der Waals surface area (Å²) < 4.78 is 1.38. The molecule has 0 radical (unpaired) electrons. The summed E-state index contributed by atoms with van der Waals surface area (Å²) >= 11 is 1.42. The number of rotatable bonds is 1. The largest absolute Gasteiger partial charge is 0.294 e. The van der Waals surface area contributed by atoms with Gasteiger partial charge < -0.3 is 0 Å². The summed E-state index contributed by atoms with van der Waals surface area (Å²) in [7, 11) is 1.63. The van der Waals surface area contributed by atoms with Gasteiger partial charge in [0, 0.05) is 7.05 Å². The molecule has 0 spiro atoms. The molecule has 0 saturated carbocycles. The van der Waals surface area contributed by atoms with Crippen molar-refractivity contribution in [3.8, 4) is 0 Å². The Morgan fingerprint density at radius 1 is 1.69 bits per heavy atom. The maximum Gasteiger partial charge on any atom is 0.263 e. The summed E-state index contributed by atoms with van der Waals surface area (Å²) in [6, 6.07) is 1.76. The van der Waals surface area contributed by atoms with E-state index >= 15 is 0 Å². The quantitative estimate of drug-likeness (QED) is 0.507. The summed E-state index contributed by atoms with van der Waals surface area (Å²) in [4.78, 5) is 16.5. The van der Waals surface area contributed by atoms with Crippen molar-refractivity contribution in [2.24, 2.45) is 12.9 Å². The van der Waals surface area contributed by atoms with Gasteiger partial charge in [-0.25, -0.2) is 10.8 Å². The Bertz CT molecular complexity index is 501. The lowest BCUT2D eigenvalue weighted by atomic mass is 10.4. The van der Waals surface area contributed by atoms with E-state index < -0.39 is 0 Å². The van der Waals surface area contributed by atoms with Gasteiger partial charge in [0.2, 0.25) is 5.95 Å². The Labute approximate surface area is 77.8 Å². The van der Waals surface area contributed by atoms with Crippen LogP contribution in [0.1, 0.15) is 0 Å². The fourth-order valence-electron chi connectivity index (χ4n) is 1.13. The highest BCUT2D eigenvalue weighted by molar-refractivity contribution is 7.16. The molecule has 5 nitrogen and oxygen atoms in total. The molecule has 0 bridgehead atoms. The third kappa shape index (κ3) is 1.11. The van der Waals surface area contributed by atoms with E-state index in [0.717, 1.165) is 0 Å². The highest BCUT2D eigenvalue weighted by Crippen LogP contribution is 2.15. The van der Waals surface area contributed by atoms with Crippen LogP contribution < -0.4 is 16.8 Å². The molecule has 0 atom stereocenters. The maximum absolute atomic E-state index is 11.6. The second-order valence-corrected chi connectivity index (χ2v) is 3.48. The highest BCUT2D eigenvalue weighted by atomic mass is 32.1. The van der Waals surface area contributed by atoms with Crippen molar-refractivity contribution in [3.05, 3.63) is 21.8 Å². The molecule has 68 valence electrons. The molecule has 0 aromatic carbocycles. The second-order valence-electron chi connectivity index (χ2n) is 2.58. The molecule has 0 fully saturated rings. The molecule has 2 rings (SSSR count). The number of hydrazine groups is 1. The normalized spacial score (nSPS) is 10.6. The van der Waals surface area contributed by atoms with Crippen molar-refractivity contribution in [1.82, 2.24) is 9.55 Å². The predicted molar refractivity (Wildman–Crippen MR) is 52.7 cm³/mol. The zero-order valence-corrected chi connectivity index (χ0v) is 7.76. The minimum Gasteiger partial charge on any atom is -0.294 e. The number of aromatic nitrogens is 2. The standard InChI is InChI=1S/C7H8N4OS/c1-11-6(12)4-2-3-13-5(4)9-7(11)10-8/h2-3H,8H2,1H3,(H,9,10). The lowest BCUT2D eigenvalue weighted by Crippen LogP contribution is -2.24. The van der Waals surface area contributed by atoms with Crippen LogP contribution in [0.3, 0.4) is 0 Å². The van der Waals surface area contributed by atoms with Crippen LogP contribution in [0.2, 0.25) is 0 Å². The molecular formula is C7H8N4OS. The van der Waals surface area contributed by atoms with Crippen LogP contribution in [0, 0.1) is 0 Å². The summed E-state index contributed by atoms with van der Waals surface area (Å²) in [5.74, 6) is 5.59. The Balaban J connectivity index is 2.92. The van der Waals surface area contributed by atoms with Crippen LogP contribution in [0.25, 0.3) is 10.2 Å². The van der Waals surface area contributed by atoms with Crippen LogP contribution >= 0.6 is 11.3 Å². The molecule has 0 unspecified atom stereocenters. The van der Waals surface area contributed by atoms with E-state index in [1.807, 2.05) is 5.38 Å². The van der Waals surface area contributed by atoms with Crippen LogP contribution in [0.15, 0.2) is 16.2 Å². The Morgan fingerprint density at radius 2 is 2.46 bits per heavy atom.